The molecule has 1 aromatic rings. The number of halogens is 1. The van der Waals surface area contributed by atoms with Crippen LogP contribution in [0, 0.1) is 6.92 Å². The quantitative estimate of drug-likeness (QED) is 0.728. The van der Waals surface area contributed by atoms with Crippen molar-refractivity contribution in [3.05, 3.63) is 17.5 Å². The highest BCUT2D eigenvalue weighted by Crippen LogP contribution is 2.19. The van der Waals surface area contributed by atoms with Gasteiger partial charge in [-0.1, -0.05) is 0 Å². The minimum absolute atomic E-state index is 0.0227. The largest absolute Gasteiger partial charge is 0.339 e. The van der Waals surface area contributed by atoms with Crippen LogP contribution in [0.15, 0.2) is 6.20 Å². The number of anilines is 1. The molecule has 0 N–H and O–H groups in total. The first-order valence-corrected chi connectivity index (χ1v) is 5.52. The molecule has 0 amide bonds. The van der Waals surface area contributed by atoms with Crippen LogP contribution >= 0.6 is 11.6 Å². The molecule has 0 aliphatic carbocycles. The SMILES string of the molecule is Cc1nc(N(C)C(C)(C)C)ncc1CCl. The summed E-state index contributed by atoms with van der Waals surface area (Å²) in [6.07, 6.45) is 1.80. The molecule has 0 aliphatic heterocycles. The number of rotatable bonds is 2. The van der Waals surface area contributed by atoms with Crippen molar-refractivity contribution in [1.29, 1.82) is 0 Å². The fraction of sp³-hybridized carbons (Fsp3) is 0.636. The summed E-state index contributed by atoms with van der Waals surface area (Å²) in [4.78, 5) is 10.8. The summed E-state index contributed by atoms with van der Waals surface area (Å²) in [5.74, 6) is 1.21. The lowest BCUT2D eigenvalue weighted by Gasteiger charge is -2.32. The van der Waals surface area contributed by atoms with E-state index in [1.165, 1.54) is 0 Å². The molecule has 4 heteroatoms. The third-order valence-electron chi connectivity index (χ3n) is 2.52. The molecule has 1 rings (SSSR count). The third-order valence-corrected chi connectivity index (χ3v) is 2.81. The van der Waals surface area contributed by atoms with Gasteiger partial charge in [-0.25, -0.2) is 9.97 Å². The van der Waals surface area contributed by atoms with E-state index in [2.05, 4.69) is 35.6 Å². The van der Waals surface area contributed by atoms with Crippen molar-refractivity contribution in [1.82, 2.24) is 9.97 Å². The first kappa shape index (κ1) is 12.2. The lowest BCUT2D eigenvalue weighted by atomic mass is 10.1. The second-order valence-corrected chi connectivity index (χ2v) is 4.91. The average Bonchev–Trinajstić information content (AvgIpc) is 2.15. The molecular formula is C11H18ClN3. The standard InChI is InChI=1S/C11H18ClN3/c1-8-9(6-12)7-13-10(14-8)15(5)11(2,3)4/h7H,6H2,1-5H3. The molecule has 0 bridgehead atoms. The van der Waals surface area contributed by atoms with Crippen LogP contribution in [0.2, 0.25) is 0 Å². The van der Waals surface area contributed by atoms with E-state index in [1.807, 2.05) is 14.0 Å². The average molecular weight is 228 g/mol. The molecule has 0 radical (unpaired) electrons. The molecular weight excluding hydrogens is 210 g/mol. The van der Waals surface area contributed by atoms with Gasteiger partial charge in [0.15, 0.2) is 0 Å². The summed E-state index contributed by atoms with van der Waals surface area (Å²) in [6.45, 7) is 8.34. The summed E-state index contributed by atoms with van der Waals surface area (Å²) < 4.78 is 0. The van der Waals surface area contributed by atoms with Gasteiger partial charge >= 0.3 is 0 Å². The minimum Gasteiger partial charge on any atom is -0.339 e. The van der Waals surface area contributed by atoms with Gasteiger partial charge in [-0.3, -0.25) is 0 Å². The van der Waals surface area contributed by atoms with Gasteiger partial charge in [0.05, 0.1) is 5.88 Å². The van der Waals surface area contributed by atoms with Gasteiger partial charge in [-0.05, 0) is 27.7 Å². The van der Waals surface area contributed by atoms with Gasteiger partial charge < -0.3 is 4.90 Å². The topological polar surface area (TPSA) is 29.0 Å². The number of nitrogens with zero attached hydrogens (tertiary/aromatic N) is 3. The van der Waals surface area contributed by atoms with Gasteiger partial charge in [-0.15, -0.1) is 11.6 Å². The molecule has 0 saturated heterocycles. The van der Waals surface area contributed by atoms with Crippen molar-refractivity contribution >= 4 is 17.5 Å². The Morgan fingerprint density at radius 1 is 1.40 bits per heavy atom. The second kappa shape index (κ2) is 4.35. The fourth-order valence-electron chi connectivity index (χ4n) is 1.07. The van der Waals surface area contributed by atoms with Gasteiger partial charge in [-0.2, -0.15) is 0 Å². The second-order valence-electron chi connectivity index (χ2n) is 4.64. The van der Waals surface area contributed by atoms with Crippen molar-refractivity contribution in [3.8, 4) is 0 Å². The van der Waals surface area contributed by atoms with Crippen LogP contribution in [0.5, 0.6) is 0 Å². The summed E-state index contributed by atoms with van der Waals surface area (Å²) in [5, 5.41) is 0. The number of hydrogen-bond donors (Lipinski definition) is 0. The molecule has 3 nitrogen and oxygen atoms in total. The van der Waals surface area contributed by atoms with Crippen LogP contribution in [0.3, 0.4) is 0 Å². The van der Waals surface area contributed by atoms with Crippen LogP contribution in [0.25, 0.3) is 0 Å². The van der Waals surface area contributed by atoms with Crippen molar-refractivity contribution in [2.24, 2.45) is 0 Å². The first-order chi connectivity index (χ1) is 6.86. The third kappa shape index (κ3) is 2.81. The highest BCUT2D eigenvalue weighted by Gasteiger charge is 2.19. The van der Waals surface area contributed by atoms with Gasteiger partial charge in [0.2, 0.25) is 5.95 Å². The van der Waals surface area contributed by atoms with Gasteiger partial charge in [0, 0.05) is 30.0 Å². The molecule has 1 heterocycles. The van der Waals surface area contributed by atoms with Crippen LogP contribution in [-0.4, -0.2) is 22.6 Å². The summed E-state index contributed by atoms with van der Waals surface area (Å²) >= 11 is 5.76. The lowest BCUT2D eigenvalue weighted by Crippen LogP contribution is -2.39. The highest BCUT2D eigenvalue weighted by molar-refractivity contribution is 6.17. The fourth-order valence-corrected chi connectivity index (χ4v) is 1.33. The maximum atomic E-state index is 5.76. The predicted octanol–water partition coefficient (Wildman–Crippen LogP) is 2.76. The van der Waals surface area contributed by atoms with Crippen molar-refractivity contribution in [2.75, 3.05) is 11.9 Å². The van der Waals surface area contributed by atoms with Crippen LogP contribution in [0.4, 0.5) is 5.95 Å². The van der Waals surface area contributed by atoms with E-state index < -0.39 is 0 Å². The van der Waals surface area contributed by atoms with E-state index >= 15 is 0 Å². The molecule has 0 unspecified atom stereocenters. The summed E-state index contributed by atoms with van der Waals surface area (Å²) in [7, 11) is 2.00. The highest BCUT2D eigenvalue weighted by atomic mass is 35.5. The predicted molar refractivity (Wildman–Crippen MR) is 64.5 cm³/mol. The van der Waals surface area contributed by atoms with E-state index in [0.29, 0.717) is 5.88 Å². The normalized spacial score (nSPS) is 11.6. The zero-order valence-corrected chi connectivity index (χ0v) is 10.8. The number of aromatic nitrogens is 2. The zero-order chi connectivity index (χ0) is 11.6. The van der Waals surface area contributed by atoms with Crippen LogP contribution < -0.4 is 4.90 Å². The van der Waals surface area contributed by atoms with Gasteiger partial charge in [0.1, 0.15) is 0 Å². The summed E-state index contributed by atoms with van der Waals surface area (Å²) in [6, 6.07) is 0. The molecule has 0 aliphatic rings. The molecule has 0 atom stereocenters. The van der Waals surface area contributed by atoms with E-state index in [-0.39, 0.29) is 5.54 Å². The van der Waals surface area contributed by atoms with Crippen LogP contribution in [0.1, 0.15) is 32.0 Å². The lowest BCUT2D eigenvalue weighted by molar-refractivity contribution is 0.527. The summed E-state index contributed by atoms with van der Waals surface area (Å²) in [5.41, 5.74) is 1.96. The maximum Gasteiger partial charge on any atom is 0.225 e. The molecule has 0 spiro atoms. The molecule has 84 valence electrons. The monoisotopic (exact) mass is 227 g/mol. The first-order valence-electron chi connectivity index (χ1n) is 4.98. The van der Waals surface area contributed by atoms with E-state index in [1.54, 1.807) is 6.20 Å². The minimum atomic E-state index is 0.0227. The molecule has 1 aromatic heterocycles. The van der Waals surface area contributed by atoms with Gasteiger partial charge in [0.25, 0.3) is 0 Å². The van der Waals surface area contributed by atoms with Crippen LogP contribution in [-0.2, 0) is 5.88 Å². The Labute approximate surface area is 96.5 Å². The number of hydrogen-bond acceptors (Lipinski definition) is 3. The zero-order valence-electron chi connectivity index (χ0n) is 10.0. The van der Waals surface area contributed by atoms with E-state index in [9.17, 15) is 0 Å². The number of alkyl halides is 1. The molecule has 0 saturated carbocycles. The smallest absolute Gasteiger partial charge is 0.225 e. The van der Waals surface area contributed by atoms with E-state index in [4.69, 9.17) is 11.6 Å². The Morgan fingerprint density at radius 2 is 2.00 bits per heavy atom. The van der Waals surface area contributed by atoms with Crippen molar-refractivity contribution in [3.63, 3.8) is 0 Å². The molecule has 15 heavy (non-hydrogen) atoms. The Morgan fingerprint density at radius 3 is 2.40 bits per heavy atom. The van der Waals surface area contributed by atoms with E-state index in [0.717, 1.165) is 17.2 Å². The maximum absolute atomic E-state index is 5.76. The van der Waals surface area contributed by atoms with Crippen molar-refractivity contribution in [2.45, 2.75) is 39.1 Å². The Balaban J connectivity index is 3.02. The Bertz CT molecular complexity index is 344. The molecule has 0 fully saturated rings. The molecule has 0 aromatic carbocycles. The number of aryl methyl sites for hydroxylation is 1. The van der Waals surface area contributed by atoms with Crippen molar-refractivity contribution < 1.29 is 0 Å². The Kier molecular flexibility index (Phi) is 3.55. The Hall–Kier alpha value is -0.830.